The largest absolute Gasteiger partial charge is 0.0622 e. The van der Waals surface area contributed by atoms with Crippen molar-refractivity contribution in [2.75, 3.05) is 0 Å². The van der Waals surface area contributed by atoms with Crippen molar-refractivity contribution < 1.29 is 0 Å². The van der Waals surface area contributed by atoms with E-state index in [4.69, 9.17) is 0 Å². The predicted octanol–water partition coefficient (Wildman–Crippen LogP) is 5.11. The van der Waals surface area contributed by atoms with Crippen LogP contribution in [0.3, 0.4) is 0 Å². The van der Waals surface area contributed by atoms with Crippen molar-refractivity contribution in [3.8, 4) is 11.1 Å². The molecular formula is C16H11I. The first-order valence-electron chi connectivity index (χ1n) is 5.58. The van der Waals surface area contributed by atoms with Crippen LogP contribution in [-0.2, 0) is 0 Å². The molecular weight excluding hydrogens is 319 g/mol. The van der Waals surface area contributed by atoms with Crippen LogP contribution in [0.4, 0.5) is 0 Å². The fourth-order valence-corrected chi connectivity index (χ4v) is 2.89. The molecule has 0 spiro atoms. The summed E-state index contributed by atoms with van der Waals surface area (Å²) in [4.78, 5) is 0. The van der Waals surface area contributed by atoms with Crippen LogP contribution >= 0.6 is 22.6 Å². The van der Waals surface area contributed by atoms with E-state index in [1.54, 1.807) is 0 Å². The lowest BCUT2D eigenvalue weighted by molar-refractivity contribution is 1.63. The summed E-state index contributed by atoms with van der Waals surface area (Å²) in [5.41, 5.74) is 2.56. The van der Waals surface area contributed by atoms with E-state index in [2.05, 4.69) is 89.3 Å². The Morgan fingerprint density at radius 1 is 0.647 bits per heavy atom. The Labute approximate surface area is 114 Å². The highest BCUT2D eigenvalue weighted by atomic mass is 127. The summed E-state index contributed by atoms with van der Waals surface area (Å²) in [5.74, 6) is 0. The van der Waals surface area contributed by atoms with Crippen LogP contribution in [-0.4, -0.2) is 0 Å². The van der Waals surface area contributed by atoms with Crippen LogP contribution in [0.2, 0.25) is 0 Å². The molecule has 17 heavy (non-hydrogen) atoms. The number of hydrogen-bond acceptors (Lipinski definition) is 0. The lowest BCUT2D eigenvalue weighted by atomic mass is 10.0. The van der Waals surface area contributed by atoms with Gasteiger partial charge in [-0.25, -0.2) is 0 Å². The molecule has 0 aliphatic heterocycles. The molecule has 0 aliphatic carbocycles. The van der Waals surface area contributed by atoms with Gasteiger partial charge in [-0.2, -0.15) is 0 Å². The second kappa shape index (κ2) is 4.49. The van der Waals surface area contributed by atoms with Crippen molar-refractivity contribution in [3.63, 3.8) is 0 Å². The third-order valence-corrected chi connectivity index (χ3v) is 3.81. The Morgan fingerprint density at radius 2 is 1.35 bits per heavy atom. The van der Waals surface area contributed by atoms with Gasteiger partial charge in [0.15, 0.2) is 0 Å². The minimum atomic E-state index is 1.27. The van der Waals surface area contributed by atoms with E-state index in [0.717, 1.165) is 0 Å². The van der Waals surface area contributed by atoms with Crippen LogP contribution in [0.25, 0.3) is 21.9 Å². The Kier molecular flexibility index (Phi) is 2.85. The van der Waals surface area contributed by atoms with Gasteiger partial charge in [0.1, 0.15) is 0 Å². The Morgan fingerprint density at radius 3 is 2.18 bits per heavy atom. The van der Waals surface area contributed by atoms with Gasteiger partial charge < -0.3 is 0 Å². The molecule has 0 bridgehead atoms. The van der Waals surface area contributed by atoms with E-state index in [-0.39, 0.29) is 0 Å². The van der Waals surface area contributed by atoms with Crippen molar-refractivity contribution in [1.29, 1.82) is 0 Å². The van der Waals surface area contributed by atoms with Crippen LogP contribution < -0.4 is 0 Å². The summed E-state index contributed by atoms with van der Waals surface area (Å²) in [6.45, 7) is 0. The first kappa shape index (κ1) is 10.8. The van der Waals surface area contributed by atoms with Crippen molar-refractivity contribution in [2.24, 2.45) is 0 Å². The molecule has 0 atom stereocenters. The monoisotopic (exact) mass is 330 g/mol. The number of rotatable bonds is 1. The predicted molar refractivity (Wildman–Crippen MR) is 82.1 cm³/mol. The molecule has 0 aromatic heterocycles. The van der Waals surface area contributed by atoms with Crippen LogP contribution in [0, 0.1) is 3.57 Å². The number of halogens is 1. The standard InChI is InChI=1S/C16H11I/c17-16-11-14(12-6-2-1-3-7-12)10-13-8-4-5-9-15(13)16/h1-11H. The quantitative estimate of drug-likeness (QED) is 0.544. The number of benzene rings is 3. The van der Waals surface area contributed by atoms with Gasteiger partial charge in [-0.05, 0) is 56.6 Å². The molecule has 82 valence electrons. The summed E-state index contributed by atoms with van der Waals surface area (Å²) in [6, 6.07) is 23.5. The molecule has 0 nitrogen and oxygen atoms in total. The zero-order valence-corrected chi connectivity index (χ0v) is 11.4. The Hall–Kier alpha value is -1.35. The first-order valence-corrected chi connectivity index (χ1v) is 6.66. The zero-order valence-electron chi connectivity index (χ0n) is 9.23. The maximum Gasteiger partial charge on any atom is 0.0214 e. The normalized spacial score (nSPS) is 10.6. The van der Waals surface area contributed by atoms with E-state index in [1.165, 1.54) is 25.5 Å². The fraction of sp³-hybridized carbons (Fsp3) is 0. The second-order valence-corrected chi connectivity index (χ2v) is 5.21. The van der Waals surface area contributed by atoms with Gasteiger partial charge in [0.25, 0.3) is 0 Å². The highest BCUT2D eigenvalue weighted by Gasteiger charge is 2.02. The SMILES string of the molecule is Ic1cc(-c2ccccc2)cc2ccccc12. The van der Waals surface area contributed by atoms with E-state index >= 15 is 0 Å². The lowest BCUT2D eigenvalue weighted by Crippen LogP contribution is -1.82. The molecule has 0 heterocycles. The van der Waals surface area contributed by atoms with Crippen LogP contribution in [0.5, 0.6) is 0 Å². The third kappa shape index (κ3) is 2.07. The number of fused-ring (bicyclic) bond motifs is 1. The molecule has 0 radical (unpaired) electrons. The van der Waals surface area contributed by atoms with Crippen LogP contribution in [0.1, 0.15) is 0 Å². The summed E-state index contributed by atoms with van der Waals surface area (Å²) in [6.07, 6.45) is 0. The van der Waals surface area contributed by atoms with Crippen molar-refractivity contribution in [1.82, 2.24) is 0 Å². The molecule has 3 aromatic rings. The van der Waals surface area contributed by atoms with Gasteiger partial charge in [0, 0.05) is 3.57 Å². The van der Waals surface area contributed by atoms with E-state index in [1.807, 2.05) is 0 Å². The highest BCUT2D eigenvalue weighted by molar-refractivity contribution is 14.1. The maximum atomic E-state index is 2.41. The molecule has 0 saturated carbocycles. The average Bonchev–Trinajstić information content (AvgIpc) is 2.40. The smallest absolute Gasteiger partial charge is 0.0214 e. The second-order valence-electron chi connectivity index (χ2n) is 4.05. The van der Waals surface area contributed by atoms with Crippen LogP contribution in [0.15, 0.2) is 66.7 Å². The summed E-state index contributed by atoms with van der Waals surface area (Å²) < 4.78 is 1.31. The summed E-state index contributed by atoms with van der Waals surface area (Å²) in [7, 11) is 0. The third-order valence-electron chi connectivity index (χ3n) is 2.92. The summed E-state index contributed by atoms with van der Waals surface area (Å²) in [5, 5.41) is 2.63. The minimum Gasteiger partial charge on any atom is -0.0622 e. The minimum absolute atomic E-state index is 1.27. The Bertz CT molecular complexity index is 657. The molecule has 0 saturated heterocycles. The van der Waals surface area contributed by atoms with Crippen molar-refractivity contribution in [3.05, 3.63) is 70.3 Å². The lowest BCUT2D eigenvalue weighted by Gasteiger charge is -2.06. The van der Waals surface area contributed by atoms with Gasteiger partial charge in [0.2, 0.25) is 0 Å². The van der Waals surface area contributed by atoms with Gasteiger partial charge >= 0.3 is 0 Å². The fourth-order valence-electron chi connectivity index (χ4n) is 2.06. The Balaban J connectivity index is 2.26. The van der Waals surface area contributed by atoms with E-state index in [9.17, 15) is 0 Å². The van der Waals surface area contributed by atoms with E-state index in [0.29, 0.717) is 0 Å². The molecule has 3 aromatic carbocycles. The molecule has 0 N–H and O–H groups in total. The van der Waals surface area contributed by atoms with Gasteiger partial charge in [-0.3, -0.25) is 0 Å². The molecule has 0 fully saturated rings. The van der Waals surface area contributed by atoms with Crippen molar-refractivity contribution in [2.45, 2.75) is 0 Å². The summed E-state index contributed by atoms with van der Waals surface area (Å²) >= 11 is 2.41. The maximum absolute atomic E-state index is 2.41. The molecule has 0 amide bonds. The van der Waals surface area contributed by atoms with E-state index < -0.39 is 0 Å². The first-order chi connectivity index (χ1) is 8.34. The highest BCUT2D eigenvalue weighted by Crippen LogP contribution is 2.28. The van der Waals surface area contributed by atoms with Gasteiger partial charge in [-0.15, -0.1) is 0 Å². The van der Waals surface area contributed by atoms with Crippen molar-refractivity contribution >= 4 is 33.4 Å². The van der Waals surface area contributed by atoms with Gasteiger partial charge in [0.05, 0.1) is 0 Å². The molecule has 3 rings (SSSR count). The molecule has 0 unspecified atom stereocenters. The topological polar surface area (TPSA) is 0 Å². The van der Waals surface area contributed by atoms with Gasteiger partial charge in [-0.1, -0.05) is 54.6 Å². The number of hydrogen-bond donors (Lipinski definition) is 0. The molecule has 1 heteroatoms. The average molecular weight is 330 g/mol. The zero-order chi connectivity index (χ0) is 11.7. The molecule has 0 aliphatic rings.